The first-order chi connectivity index (χ1) is 9.98. The van der Waals surface area contributed by atoms with Crippen LogP contribution in [0.15, 0.2) is 12.3 Å². The second-order valence-electron chi connectivity index (χ2n) is 5.63. The number of hydrogen-bond acceptors (Lipinski definition) is 3. The molecule has 0 radical (unpaired) electrons. The molecule has 1 heterocycles. The van der Waals surface area contributed by atoms with Crippen molar-refractivity contribution in [3.63, 3.8) is 0 Å². The molecule has 0 atom stereocenters. The Kier molecular flexibility index (Phi) is 5.64. The van der Waals surface area contributed by atoms with Crippen LogP contribution >= 0.6 is 0 Å². The summed E-state index contributed by atoms with van der Waals surface area (Å²) >= 11 is 0. The summed E-state index contributed by atoms with van der Waals surface area (Å²) in [5, 5.41) is 13.3. The van der Waals surface area contributed by atoms with Crippen LogP contribution in [0.25, 0.3) is 0 Å². The first-order valence-electron chi connectivity index (χ1n) is 7.42. The van der Waals surface area contributed by atoms with Crippen molar-refractivity contribution in [2.24, 2.45) is 0 Å². The fraction of sp³-hybridized carbons (Fsp3) is 0.786. The Balaban J connectivity index is 1.95. The zero-order valence-electron chi connectivity index (χ0n) is 12.0. The summed E-state index contributed by atoms with van der Waals surface area (Å²) in [4.78, 5) is 1.17. The Labute approximate surface area is 122 Å². The van der Waals surface area contributed by atoms with Crippen molar-refractivity contribution in [1.82, 2.24) is 14.7 Å². The molecule has 0 saturated heterocycles. The maximum absolute atomic E-state index is 12.5. The number of alkyl halides is 3. The van der Waals surface area contributed by atoms with Gasteiger partial charge in [0.25, 0.3) is 0 Å². The fourth-order valence-electron chi connectivity index (χ4n) is 2.85. The molecule has 0 amide bonds. The van der Waals surface area contributed by atoms with Gasteiger partial charge in [0, 0.05) is 19.3 Å². The molecule has 7 heteroatoms. The van der Waals surface area contributed by atoms with Gasteiger partial charge >= 0.3 is 6.18 Å². The second kappa shape index (κ2) is 7.26. The highest BCUT2D eigenvalue weighted by Gasteiger charge is 2.30. The topological polar surface area (TPSA) is 41.3 Å². The molecular formula is C14H22F3N3O. The van der Waals surface area contributed by atoms with Crippen LogP contribution in [0.2, 0.25) is 0 Å². The Morgan fingerprint density at radius 3 is 2.62 bits per heavy atom. The molecule has 1 aromatic rings. The van der Waals surface area contributed by atoms with Gasteiger partial charge in [-0.2, -0.15) is 18.3 Å². The van der Waals surface area contributed by atoms with Gasteiger partial charge in [0.05, 0.1) is 24.9 Å². The van der Waals surface area contributed by atoms with Crippen LogP contribution in [0, 0.1) is 0 Å². The molecule has 21 heavy (non-hydrogen) atoms. The molecule has 0 bridgehead atoms. The smallest absolute Gasteiger partial charge is 0.395 e. The van der Waals surface area contributed by atoms with Crippen molar-refractivity contribution in [1.29, 1.82) is 0 Å². The summed E-state index contributed by atoms with van der Waals surface area (Å²) < 4.78 is 39.3. The average Bonchev–Trinajstić information content (AvgIpc) is 2.87. The average molecular weight is 305 g/mol. The van der Waals surface area contributed by atoms with Crippen LogP contribution in [-0.4, -0.2) is 45.7 Å². The summed E-state index contributed by atoms with van der Waals surface area (Å²) in [5.74, 6) is 0. The summed E-state index contributed by atoms with van der Waals surface area (Å²) in [6, 6.07) is 2.15. The Morgan fingerprint density at radius 2 is 2.00 bits per heavy atom. The quantitative estimate of drug-likeness (QED) is 0.878. The van der Waals surface area contributed by atoms with E-state index in [9.17, 15) is 13.2 Å². The van der Waals surface area contributed by atoms with E-state index in [2.05, 4.69) is 5.10 Å². The van der Waals surface area contributed by atoms with Gasteiger partial charge in [0.1, 0.15) is 0 Å². The molecule has 0 unspecified atom stereocenters. The van der Waals surface area contributed by atoms with Crippen molar-refractivity contribution < 1.29 is 18.3 Å². The highest BCUT2D eigenvalue weighted by Crippen LogP contribution is 2.27. The lowest BCUT2D eigenvalue weighted by Gasteiger charge is -2.23. The van der Waals surface area contributed by atoms with Crippen LogP contribution in [0.3, 0.4) is 0 Å². The normalized spacial score (nSPS) is 17.6. The van der Waals surface area contributed by atoms with E-state index >= 15 is 0 Å². The highest BCUT2D eigenvalue weighted by molar-refractivity contribution is 5.00. The summed E-state index contributed by atoms with van der Waals surface area (Å²) in [6.07, 6.45) is 3.39. The Morgan fingerprint density at radius 1 is 1.29 bits per heavy atom. The standard InChI is InChI=1S/C14H22F3N3O/c15-14(16,17)11-19(8-9-21)10-12-6-7-20(18-12)13-4-2-1-3-5-13/h6-7,13,21H,1-5,8-11H2. The molecule has 1 N–H and O–H groups in total. The van der Waals surface area contributed by atoms with E-state index in [1.54, 1.807) is 6.07 Å². The highest BCUT2D eigenvalue weighted by atomic mass is 19.4. The lowest BCUT2D eigenvalue weighted by atomic mass is 9.96. The number of halogens is 3. The molecule has 1 saturated carbocycles. The predicted molar refractivity (Wildman–Crippen MR) is 72.8 cm³/mol. The van der Waals surface area contributed by atoms with Gasteiger partial charge in [-0.3, -0.25) is 9.58 Å². The van der Waals surface area contributed by atoms with Gasteiger partial charge in [0.2, 0.25) is 0 Å². The molecule has 2 rings (SSSR count). The number of hydrogen-bond donors (Lipinski definition) is 1. The molecular weight excluding hydrogens is 283 g/mol. The largest absolute Gasteiger partial charge is 0.401 e. The van der Waals surface area contributed by atoms with Gasteiger partial charge < -0.3 is 5.11 Å². The Hall–Kier alpha value is -1.08. The van der Waals surface area contributed by atoms with Crippen molar-refractivity contribution >= 4 is 0 Å². The first kappa shape index (κ1) is 16.3. The van der Waals surface area contributed by atoms with Gasteiger partial charge in [-0.25, -0.2) is 0 Å². The lowest BCUT2D eigenvalue weighted by molar-refractivity contribution is -0.148. The summed E-state index contributed by atoms with van der Waals surface area (Å²) in [6.45, 7) is -1.21. The van der Waals surface area contributed by atoms with E-state index in [1.165, 1.54) is 24.2 Å². The minimum atomic E-state index is -4.26. The lowest BCUT2D eigenvalue weighted by Crippen LogP contribution is -2.35. The number of aliphatic hydroxyl groups excluding tert-OH is 1. The molecule has 1 aliphatic carbocycles. The molecule has 0 aliphatic heterocycles. The van der Waals surface area contributed by atoms with Crippen molar-refractivity contribution in [2.75, 3.05) is 19.7 Å². The number of aliphatic hydroxyl groups is 1. The summed E-state index contributed by atoms with van der Waals surface area (Å²) in [7, 11) is 0. The van der Waals surface area contributed by atoms with Crippen LogP contribution in [0.1, 0.15) is 43.8 Å². The number of nitrogens with zero attached hydrogens (tertiary/aromatic N) is 3. The van der Waals surface area contributed by atoms with Gasteiger partial charge in [-0.15, -0.1) is 0 Å². The van der Waals surface area contributed by atoms with E-state index in [0.29, 0.717) is 11.7 Å². The molecule has 120 valence electrons. The summed E-state index contributed by atoms with van der Waals surface area (Å²) in [5.41, 5.74) is 0.623. The van der Waals surface area contributed by atoms with Crippen molar-refractivity contribution in [3.05, 3.63) is 18.0 Å². The minimum Gasteiger partial charge on any atom is -0.395 e. The zero-order chi connectivity index (χ0) is 15.3. The van der Waals surface area contributed by atoms with E-state index in [0.717, 1.165) is 12.8 Å². The minimum absolute atomic E-state index is 0.00417. The van der Waals surface area contributed by atoms with Gasteiger partial charge in [-0.05, 0) is 18.9 Å². The number of aromatic nitrogens is 2. The maximum Gasteiger partial charge on any atom is 0.401 e. The molecule has 1 aliphatic rings. The van der Waals surface area contributed by atoms with Crippen LogP contribution < -0.4 is 0 Å². The number of rotatable bonds is 6. The van der Waals surface area contributed by atoms with Gasteiger partial charge in [-0.1, -0.05) is 19.3 Å². The molecule has 1 aromatic heterocycles. The first-order valence-corrected chi connectivity index (χ1v) is 7.42. The maximum atomic E-state index is 12.5. The molecule has 0 spiro atoms. The van der Waals surface area contributed by atoms with Crippen LogP contribution in [-0.2, 0) is 6.54 Å². The zero-order valence-corrected chi connectivity index (χ0v) is 12.0. The van der Waals surface area contributed by atoms with Crippen LogP contribution in [0.5, 0.6) is 0 Å². The third-order valence-corrected chi connectivity index (χ3v) is 3.82. The van der Waals surface area contributed by atoms with Crippen LogP contribution in [0.4, 0.5) is 13.2 Å². The molecule has 1 fully saturated rings. The third-order valence-electron chi connectivity index (χ3n) is 3.82. The van der Waals surface area contributed by atoms with E-state index in [1.807, 2.05) is 10.9 Å². The predicted octanol–water partition coefficient (Wildman–Crippen LogP) is 2.74. The monoisotopic (exact) mass is 305 g/mol. The third kappa shape index (κ3) is 5.32. The van der Waals surface area contributed by atoms with Crippen molar-refractivity contribution in [2.45, 2.75) is 50.9 Å². The van der Waals surface area contributed by atoms with E-state index < -0.39 is 12.7 Å². The SMILES string of the molecule is OCCN(Cc1ccn(C2CCCCC2)n1)CC(F)(F)F. The Bertz CT molecular complexity index is 427. The second-order valence-corrected chi connectivity index (χ2v) is 5.63. The van der Waals surface area contributed by atoms with Gasteiger partial charge in [0.15, 0.2) is 0 Å². The van der Waals surface area contributed by atoms with E-state index in [4.69, 9.17) is 5.11 Å². The molecule has 0 aromatic carbocycles. The fourth-order valence-corrected chi connectivity index (χ4v) is 2.85. The molecule has 4 nitrogen and oxygen atoms in total. The van der Waals surface area contributed by atoms with Crippen molar-refractivity contribution in [3.8, 4) is 0 Å². The van der Waals surface area contributed by atoms with E-state index in [-0.39, 0.29) is 19.7 Å².